The van der Waals surface area contributed by atoms with Crippen LogP contribution >= 0.6 is 0 Å². The Morgan fingerprint density at radius 1 is 1.25 bits per heavy atom. The number of aromatic hydroxyl groups is 2. The predicted octanol–water partition coefficient (Wildman–Crippen LogP) is 2.57. The lowest BCUT2D eigenvalue weighted by Gasteiger charge is -2.39. The van der Waals surface area contributed by atoms with Crippen LogP contribution in [0, 0.1) is 0 Å². The lowest BCUT2D eigenvalue weighted by atomic mass is 9.98. The summed E-state index contributed by atoms with van der Waals surface area (Å²) in [5, 5.41) is 20.0. The van der Waals surface area contributed by atoms with Gasteiger partial charge in [0.25, 0.3) is 0 Å². The van der Waals surface area contributed by atoms with E-state index >= 15 is 0 Å². The maximum Gasteiger partial charge on any atom is 0.124 e. The van der Waals surface area contributed by atoms with Gasteiger partial charge < -0.3 is 15.1 Å². The number of piperidine rings is 1. The molecule has 0 radical (unpaired) electrons. The Labute approximate surface area is 121 Å². The molecule has 0 bridgehead atoms. The van der Waals surface area contributed by atoms with Crippen molar-refractivity contribution in [3.63, 3.8) is 0 Å². The molecular formula is C16H26N2O2. The molecule has 1 saturated heterocycles. The molecule has 2 N–H and O–H groups in total. The number of benzene rings is 1. The molecule has 4 nitrogen and oxygen atoms in total. The van der Waals surface area contributed by atoms with Gasteiger partial charge in [0.05, 0.1) is 5.56 Å². The summed E-state index contributed by atoms with van der Waals surface area (Å²) >= 11 is 0. The molecule has 1 aliphatic rings. The first-order valence-corrected chi connectivity index (χ1v) is 7.49. The summed E-state index contributed by atoms with van der Waals surface area (Å²) < 4.78 is 0. The summed E-state index contributed by atoms with van der Waals surface area (Å²) in [5.41, 5.74) is 0.632. The molecule has 1 unspecified atom stereocenters. The van der Waals surface area contributed by atoms with Gasteiger partial charge in [0.15, 0.2) is 0 Å². The number of hydrogen-bond acceptors (Lipinski definition) is 4. The van der Waals surface area contributed by atoms with E-state index in [0.29, 0.717) is 11.6 Å². The van der Waals surface area contributed by atoms with Gasteiger partial charge in [0.2, 0.25) is 0 Å². The molecule has 0 amide bonds. The van der Waals surface area contributed by atoms with E-state index < -0.39 is 0 Å². The van der Waals surface area contributed by atoms with E-state index in [4.69, 9.17) is 0 Å². The maximum absolute atomic E-state index is 9.99. The molecule has 1 aromatic rings. The minimum Gasteiger partial charge on any atom is -0.507 e. The second-order valence-electron chi connectivity index (χ2n) is 5.72. The Morgan fingerprint density at radius 3 is 2.30 bits per heavy atom. The van der Waals surface area contributed by atoms with Crippen LogP contribution in [-0.2, 0) is 0 Å². The number of hydrogen-bond donors (Lipinski definition) is 2. The summed E-state index contributed by atoms with van der Waals surface area (Å²) in [6.07, 6.45) is 2.28. The van der Waals surface area contributed by atoms with Crippen molar-refractivity contribution >= 4 is 0 Å². The van der Waals surface area contributed by atoms with E-state index in [-0.39, 0.29) is 17.5 Å². The van der Waals surface area contributed by atoms with Crippen molar-refractivity contribution in [3.8, 4) is 11.5 Å². The van der Waals surface area contributed by atoms with E-state index in [9.17, 15) is 10.2 Å². The predicted molar refractivity (Wildman–Crippen MR) is 81.1 cm³/mol. The first kappa shape index (κ1) is 15.1. The van der Waals surface area contributed by atoms with Crippen molar-refractivity contribution in [1.82, 2.24) is 9.80 Å². The Kier molecular flexibility index (Phi) is 4.89. The van der Waals surface area contributed by atoms with Crippen LogP contribution in [0.3, 0.4) is 0 Å². The maximum atomic E-state index is 9.99. The summed E-state index contributed by atoms with van der Waals surface area (Å²) in [5.74, 6) is 0.352. The van der Waals surface area contributed by atoms with E-state index in [2.05, 4.69) is 23.8 Å². The molecule has 1 heterocycles. The van der Waals surface area contributed by atoms with Gasteiger partial charge >= 0.3 is 0 Å². The van der Waals surface area contributed by atoms with Crippen LogP contribution < -0.4 is 0 Å². The second-order valence-corrected chi connectivity index (χ2v) is 5.72. The van der Waals surface area contributed by atoms with E-state index in [1.165, 1.54) is 0 Å². The number of nitrogens with zero attached hydrogens (tertiary/aromatic N) is 2. The number of phenols is 2. The molecule has 1 aliphatic heterocycles. The highest BCUT2D eigenvalue weighted by molar-refractivity contribution is 5.45. The monoisotopic (exact) mass is 278 g/mol. The fourth-order valence-corrected chi connectivity index (χ4v) is 3.13. The summed E-state index contributed by atoms with van der Waals surface area (Å²) in [7, 11) is 2.09. The Balaban J connectivity index is 2.07. The quantitative estimate of drug-likeness (QED) is 0.888. The zero-order valence-electron chi connectivity index (χ0n) is 12.7. The molecule has 0 aromatic heterocycles. The van der Waals surface area contributed by atoms with Gasteiger partial charge in [0.1, 0.15) is 11.5 Å². The van der Waals surface area contributed by atoms with Crippen LogP contribution in [0.25, 0.3) is 0 Å². The van der Waals surface area contributed by atoms with Gasteiger partial charge in [-0.05, 0) is 58.6 Å². The summed E-state index contributed by atoms with van der Waals surface area (Å²) in [6, 6.07) is 5.46. The SMILES string of the molecule is CCN1CCC(N(C)C(C)c2c(O)cccc2O)CC1. The van der Waals surface area contributed by atoms with Crippen molar-refractivity contribution in [2.75, 3.05) is 26.7 Å². The highest BCUT2D eigenvalue weighted by Gasteiger charge is 2.27. The molecular weight excluding hydrogens is 252 g/mol. The fourth-order valence-electron chi connectivity index (χ4n) is 3.13. The fraction of sp³-hybridized carbons (Fsp3) is 0.625. The summed E-state index contributed by atoms with van der Waals surface area (Å²) in [6.45, 7) is 7.62. The number of phenolic OH excluding ortho intramolecular Hbond substituents is 2. The Bertz CT molecular complexity index is 422. The van der Waals surface area contributed by atoms with Crippen molar-refractivity contribution in [3.05, 3.63) is 23.8 Å². The van der Waals surface area contributed by atoms with Crippen molar-refractivity contribution in [2.45, 2.75) is 38.8 Å². The highest BCUT2D eigenvalue weighted by atomic mass is 16.3. The molecule has 0 aliphatic carbocycles. The average Bonchev–Trinajstić information content (AvgIpc) is 2.46. The second kappa shape index (κ2) is 6.46. The van der Waals surface area contributed by atoms with Crippen molar-refractivity contribution in [1.29, 1.82) is 0 Å². The average molecular weight is 278 g/mol. The first-order chi connectivity index (χ1) is 9.54. The van der Waals surface area contributed by atoms with Crippen molar-refractivity contribution in [2.24, 2.45) is 0 Å². The van der Waals surface area contributed by atoms with Crippen LogP contribution in [0.1, 0.15) is 38.3 Å². The molecule has 1 atom stereocenters. The molecule has 20 heavy (non-hydrogen) atoms. The van der Waals surface area contributed by atoms with Gasteiger partial charge in [-0.2, -0.15) is 0 Å². The van der Waals surface area contributed by atoms with E-state index in [1.54, 1.807) is 18.2 Å². The van der Waals surface area contributed by atoms with Crippen LogP contribution in [0.5, 0.6) is 11.5 Å². The molecule has 2 rings (SSSR count). The standard InChI is InChI=1S/C16H26N2O2/c1-4-18-10-8-13(9-11-18)17(3)12(2)16-14(19)6-5-7-15(16)20/h5-7,12-13,19-20H,4,8-11H2,1-3H3. The van der Waals surface area contributed by atoms with Gasteiger partial charge in [-0.15, -0.1) is 0 Å². The Hall–Kier alpha value is -1.26. The van der Waals surface area contributed by atoms with Crippen LogP contribution in [0.15, 0.2) is 18.2 Å². The third kappa shape index (κ3) is 3.07. The molecule has 112 valence electrons. The third-order valence-electron chi connectivity index (χ3n) is 4.67. The molecule has 0 saturated carbocycles. The van der Waals surface area contributed by atoms with E-state index in [0.717, 1.165) is 32.5 Å². The molecule has 1 fully saturated rings. The van der Waals surface area contributed by atoms with Gasteiger partial charge in [-0.3, -0.25) is 4.90 Å². The van der Waals surface area contributed by atoms with E-state index in [1.807, 2.05) is 6.92 Å². The Morgan fingerprint density at radius 2 is 1.80 bits per heavy atom. The van der Waals surface area contributed by atoms with Crippen molar-refractivity contribution < 1.29 is 10.2 Å². The zero-order chi connectivity index (χ0) is 14.7. The molecule has 4 heteroatoms. The minimum absolute atomic E-state index is 0.00868. The lowest BCUT2D eigenvalue weighted by Crippen LogP contribution is -2.44. The highest BCUT2D eigenvalue weighted by Crippen LogP contribution is 2.36. The summed E-state index contributed by atoms with van der Waals surface area (Å²) in [4.78, 5) is 4.74. The first-order valence-electron chi connectivity index (χ1n) is 7.49. The van der Waals surface area contributed by atoms with Crippen LogP contribution in [0.2, 0.25) is 0 Å². The molecule has 1 aromatic carbocycles. The third-order valence-corrected chi connectivity index (χ3v) is 4.67. The van der Waals surface area contributed by atoms with Gasteiger partial charge in [-0.1, -0.05) is 13.0 Å². The molecule has 0 spiro atoms. The normalized spacial score (nSPS) is 19.4. The largest absolute Gasteiger partial charge is 0.507 e. The van der Waals surface area contributed by atoms with Gasteiger partial charge in [-0.25, -0.2) is 0 Å². The lowest BCUT2D eigenvalue weighted by molar-refractivity contribution is 0.102. The minimum atomic E-state index is 0.00868. The number of rotatable bonds is 4. The smallest absolute Gasteiger partial charge is 0.124 e. The van der Waals surface area contributed by atoms with Crippen LogP contribution in [0.4, 0.5) is 0 Å². The zero-order valence-corrected chi connectivity index (χ0v) is 12.7. The van der Waals surface area contributed by atoms with Crippen LogP contribution in [-0.4, -0.2) is 52.7 Å². The topological polar surface area (TPSA) is 46.9 Å². The van der Waals surface area contributed by atoms with Gasteiger partial charge in [0, 0.05) is 12.1 Å². The number of likely N-dealkylation sites (tertiary alicyclic amines) is 1.